The van der Waals surface area contributed by atoms with Crippen LogP contribution in [0.2, 0.25) is 0 Å². The second-order valence-electron chi connectivity index (χ2n) is 12.1. The fraction of sp³-hybridized carbons (Fsp3) is 0.742. The van der Waals surface area contributed by atoms with Gasteiger partial charge in [-0.2, -0.15) is 0 Å². The van der Waals surface area contributed by atoms with Crippen molar-refractivity contribution in [3.8, 4) is 0 Å². The monoisotopic (exact) mass is 1070 g/mol. The molecule has 5 nitrogen and oxygen atoms in total. The lowest BCUT2D eigenvalue weighted by atomic mass is 10.1. The van der Waals surface area contributed by atoms with Crippen LogP contribution in [0.4, 0.5) is 0 Å². The molecule has 0 saturated heterocycles. The number of hydrogen-bond acceptors (Lipinski definition) is 6. The molecule has 0 bridgehead atoms. The largest absolute Gasteiger partial charge is 0.502 e. The molecular weight excluding hydrogens is 919 g/mol. The van der Waals surface area contributed by atoms with E-state index in [0.29, 0.717) is 11.5 Å². The van der Waals surface area contributed by atoms with Gasteiger partial charge in [-0.25, -0.2) is 8.42 Å². The Kier molecular flexibility index (Phi) is 240. The number of aliphatic imine (C=N–C) groups is 1. The Balaban J connectivity index is -0.0000000199. The van der Waals surface area contributed by atoms with Crippen LogP contribution in [0.3, 0.4) is 0 Å². The van der Waals surface area contributed by atoms with E-state index in [4.69, 9.17) is 4.74 Å². The molecule has 8 heteroatoms. The van der Waals surface area contributed by atoms with Crippen LogP contribution in [0.1, 0.15) is 271 Å². The molecule has 0 aromatic carbocycles. The first-order valence-corrected chi connectivity index (χ1v) is 27.3. The minimum absolute atomic E-state index is 0. The van der Waals surface area contributed by atoms with Crippen molar-refractivity contribution in [3.05, 3.63) is 84.6 Å². The molecule has 0 aromatic rings. The summed E-state index contributed by atoms with van der Waals surface area (Å²) >= 11 is 1.73. The summed E-state index contributed by atoms with van der Waals surface area (Å²) in [4.78, 5) is 5.11. The van der Waals surface area contributed by atoms with E-state index in [1.807, 2.05) is 73.8 Å². The van der Waals surface area contributed by atoms with Gasteiger partial charge in [0, 0.05) is 36.0 Å². The van der Waals surface area contributed by atoms with Crippen molar-refractivity contribution in [2.24, 2.45) is 4.99 Å². The van der Waals surface area contributed by atoms with Crippen molar-refractivity contribution < 1.29 is 17.4 Å². The van der Waals surface area contributed by atoms with Crippen LogP contribution in [0.25, 0.3) is 0 Å². The van der Waals surface area contributed by atoms with Crippen molar-refractivity contribution >= 4 is 43.2 Å². The van der Waals surface area contributed by atoms with Crippen LogP contribution in [0.5, 0.6) is 0 Å². The first-order chi connectivity index (χ1) is 27.5. The molecule has 0 fully saturated rings. The van der Waals surface area contributed by atoms with E-state index in [-0.39, 0.29) is 93.2 Å². The Morgan fingerprint density at radius 1 is 0.514 bits per heavy atom. The molecule has 0 aromatic heterocycles. The summed E-state index contributed by atoms with van der Waals surface area (Å²) in [6.07, 6.45) is 19.1. The van der Waals surface area contributed by atoms with Crippen LogP contribution in [0.15, 0.2) is 89.6 Å². The highest BCUT2D eigenvalue weighted by molar-refractivity contribution is 8.02. The fourth-order valence-corrected chi connectivity index (χ4v) is 3.37. The molecule has 446 valence electrons. The third-order valence-electron chi connectivity index (χ3n) is 7.62. The molecule has 0 saturated carbocycles. The summed E-state index contributed by atoms with van der Waals surface area (Å²) in [5, 5.41) is 0. The topological polar surface area (TPSA) is 72.8 Å². The van der Waals surface area contributed by atoms with E-state index < -0.39 is 19.4 Å². The van der Waals surface area contributed by atoms with Crippen LogP contribution in [-0.2, 0) is 24.1 Å². The molecule has 0 N–H and O–H groups in total. The van der Waals surface area contributed by atoms with E-state index >= 15 is 0 Å². The minimum Gasteiger partial charge on any atom is -0.502 e. The molecule has 0 aliphatic carbocycles. The van der Waals surface area contributed by atoms with Gasteiger partial charge >= 0.3 is 0 Å². The highest BCUT2D eigenvalue weighted by atomic mass is 32.2. The Hall–Kier alpha value is -2.03. The number of methoxy groups -OCH3 is 1. The SMILES string of the molecule is C.C.C.C.C.C.C.C.C.C.C.C=C(/C=C\C)CC.C=C(CC)CC.C=C(CC)CC.C=C(CC)CCC.C=C(CC)OC.C=C(CC)SC.C=S(=O)(CC)CC.CC.CC=NCC.CCS(=O)(=O)CC. The standard InChI is InChI=1S/C7H14.C7H12.2C6H12.C5H12OS.C5H10O.C5H10S.C4H9N.C4H10O2S.C2H6.11CH4/c2*1-4-6-7(3)5-2;2*1-4-6(3)5-2;1-4-7(3,6)5-2;2*1-4-5(2)6-3;1-3-5-4-2;1-3-7(5,6)4-2;1-2;;;;;;;;;;;/h3-6H2,1-2H3;4,6H,3,5H2,1-2H3;2*3-5H2,1-2H3;3-5H2,1-2H3;2*2,4H2,1,3H3;3H,4H2,1-2H3;3-4H2,1-2H3;1-2H3;11*1H4/b;6-4-;;;;;;;;;;;;;;;;;;;. The maximum absolute atomic E-state index is 10.8. The summed E-state index contributed by atoms with van der Waals surface area (Å²) in [7, 11) is -2.68. The Bertz CT molecular complexity index is 1040. The van der Waals surface area contributed by atoms with Crippen LogP contribution in [-0.4, -0.2) is 67.6 Å². The summed E-state index contributed by atoms with van der Waals surface area (Å²) < 4.78 is 36.3. The molecule has 0 spiro atoms. The number of rotatable bonds is 18. The predicted octanol–water partition coefficient (Wildman–Crippen LogP) is 24.1. The van der Waals surface area contributed by atoms with Crippen LogP contribution in [0, 0.1) is 0 Å². The van der Waals surface area contributed by atoms with E-state index in [1.165, 1.54) is 40.0 Å². The van der Waals surface area contributed by atoms with Gasteiger partial charge in [0.15, 0.2) is 0 Å². The molecule has 0 rings (SSSR count). The molecule has 0 radical (unpaired) electrons. The van der Waals surface area contributed by atoms with E-state index in [0.717, 1.165) is 63.7 Å². The molecule has 0 aliphatic heterocycles. The predicted molar refractivity (Wildman–Crippen MR) is 364 cm³/mol. The Morgan fingerprint density at radius 3 is 0.857 bits per heavy atom. The first kappa shape index (κ1) is 138. The number of sulfone groups is 1. The van der Waals surface area contributed by atoms with Crippen molar-refractivity contribution in [3.63, 3.8) is 0 Å². The molecule has 0 heterocycles. The Morgan fingerprint density at radius 2 is 0.829 bits per heavy atom. The molecule has 0 amide bonds. The van der Waals surface area contributed by atoms with Crippen molar-refractivity contribution in [1.29, 1.82) is 0 Å². The molecule has 70 heavy (non-hydrogen) atoms. The lowest BCUT2D eigenvalue weighted by Gasteiger charge is -1.96. The number of ether oxygens (including phenoxy) is 1. The third-order valence-corrected chi connectivity index (χ3v) is 12.4. The lowest BCUT2D eigenvalue weighted by Crippen LogP contribution is -2.04. The Labute approximate surface area is 461 Å². The third kappa shape index (κ3) is 193. The van der Waals surface area contributed by atoms with Gasteiger partial charge in [-0.15, -0.1) is 11.8 Å². The lowest BCUT2D eigenvalue weighted by molar-refractivity contribution is 0.283. The average Bonchev–Trinajstić information content (AvgIpc) is 3.27. The van der Waals surface area contributed by atoms with Gasteiger partial charge in [-0.05, 0) is 105 Å². The van der Waals surface area contributed by atoms with Crippen LogP contribution >= 0.6 is 11.8 Å². The number of nitrogens with zero attached hydrogens (tertiary/aromatic N) is 1. The minimum atomic E-state index is -2.66. The maximum Gasteiger partial charge on any atom is 0.149 e. The normalized spacial score (nSPS) is 7.83. The van der Waals surface area contributed by atoms with Crippen LogP contribution < -0.4 is 0 Å². The van der Waals surface area contributed by atoms with Gasteiger partial charge in [-0.3, -0.25) is 9.20 Å². The van der Waals surface area contributed by atoms with Gasteiger partial charge in [0.05, 0.1) is 12.9 Å². The zero-order valence-corrected chi connectivity index (χ0v) is 46.0. The summed E-state index contributed by atoms with van der Waals surface area (Å²) in [5.41, 5.74) is 5.26. The summed E-state index contributed by atoms with van der Waals surface area (Å²) in [6.45, 7) is 59.6. The zero-order valence-electron chi connectivity index (χ0n) is 43.6. The van der Waals surface area contributed by atoms with Gasteiger partial charge in [0.2, 0.25) is 0 Å². The first-order valence-electron chi connectivity index (χ1n) is 22.2. The fourth-order valence-electron chi connectivity index (χ4n) is 2.26. The zero-order chi connectivity index (χ0) is 49.3. The second kappa shape index (κ2) is 122. The van der Waals surface area contributed by atoms with E-state index in [9.17, 15) is 12.6 Å². The second-order valence-corrected chi connectivity index (χ2v) is 18.8. The van der Waals surface area contributed by atoms with Crippen molar-refractivity contribution in [2.75, 3.05) is 42.9 Å². The average molecular weight is 1070 g/mol. The highest BCUT2D eigenvalue weighted by Gasteiger charge is 1.99. The van der Waals surface area contributed by atoms with Gasteiger partial charge in [0.25, 0.3) is 0 Å². The molecule has 0 atom stereocenters. The van der Waals surface area contributed by atoms with Gasteiger partial charge in [0.1, 0.15) is 9.84 Å². The number of hydrogen-bond donors (Lipinski definition) is 0. The number of allylic oxidation sites excluding steroid dienone is 8. The smallest absolute Gasteiger partial charge is 0.149 e. The van der Waals surface area contributed by atoms with Crippen molar-refractivity contribution in [1.82, 2.24) is 0 Å². The maximum atomic E-state index is 10.8. The molecule has 0 unspecified atom stereocenters. The van der Waals surface area contributed by atoms with E-state index in [2.05, 4.69) is 106 Å². The van der Waals surface area contributed by atoms with Crippen molar-refractivity contribution in [2.45, 2.75) is 271 Å². The quantitative estimate of drug-likeness (QED) is 0.0450. The summed E-state index contributed by atoms with van der Waals surface area (Å²) in [6, 6.07) is 0. The molecule has 0 aliphatic rings. The van der Waals surface area contributed by atoms with E-state index in [1.54, 1.807) is 38.9 Å². The summed E-state index contributed by atoms with van der Waals surface area (Å²) in [5.74, 6) is 6.34. The highest BCUT2D eigenvalue weighted by Crippen LogP contribution is 2.10. The molecular formula is C62H151NO4S3. The van der Waals surface area contributed by atoms with Gasteiger partial charge < -0.3 is 4.74 Å². The van der Waals surface area contributed by atoms with Gasteiger partial charge in [-0.1, -0.05) is 266 Å². The number of thioether (sulfide) groups is 1.